The Labute approximate surface area is 496 Å². The first kappa shape index (κ1) is 76.3. The molecule has 0 radical (unpaired) electrons. The third-order valence-electron chi connectivity index (χ3n) is 14.8. The van der Waals surface area contributed by atoms with Gasteiger partial charge in [-0.15, -0.1) is 0 Å². The van der Waals surface area contributed by atoms with Crippen LogP contribution in [0.5, 0.6) is 0 Å². The van der Waals surface area contributed by atoms with E-state index in [9.17, 15) is 14.4 Å². The molecular formula is C74H128O6. The van der Waals surface area contributed by atoms with Gasteiger partial charge in [0.1, 0.15) is 13.2 Å². The maximum absolute atomic E-state index is 12.9. The molecule has 0 spiro atoms. The minimum atomic E-state index is -0.804. The van der Waals surface area contributed by atoms with Crippen molar-refractivity contribution in [1.82, 2.24) is 0 Å². The molecule has 0 aliphatic carbocycles. The normalized spacial score (nSPS) is 12.7. The minimum Gasteiger partial charge on any atom is -0.462 e. The molecule has 1 unspecified atom stereocenters. The highest BCUT2D eigenvalue weighted by molar-refractivity contribution is 5.71. The van der Waals surface area contributed by atoms with Crippen LogP contribution in [0.4, 0.5) is 0 Å². The van der Waals surface area contributed by atoms with Crippen molar-refractivity contribution >= 4 is 17.9 Å². The summed E-state index contributed by atoms with van der Waals surface area (Å²) < 4.78 is 16.9. The Hall–Kier alpha value is -3.67. The first-order valence-electron chi connectivity index (χ1n) is 34.2. The lowest BCUT2D eigenvalue weighted by molar-refractivity contribution is -0.167. The maximum Gasteiger partial charge on any atom is 0.306 e. The summed E-state index contributed by atoms with van der Waals surface area (Å²) in [5, 5.41) is 0. The number of unbranched alkanes of at least 4 members (excludes halogenated alkanes) is 35. The summed E-state index contributed by atoms with van der Waals surface area (Å²) in [6, 6.07) is 0. The summed E-state index contributed by atoms with van der Waals surface area (Å²) in [4.78, 5) is 38.2. The van der Waals surface area contributed by atoms with Crippen LogP contribution in [0.15, 0.2) is 97.2 Å². The van der Waals surface area contributed by atoms with E-state index in [2.05, 4.69) is 118 Å². The molecule has 0 saturated heterocycles. The zero-order valence-corrected chi connectivity index (χ0v) is 52.8. The van der Waals surface area contributed by atoms with Crippen LogP contribution in [0.3, 0.4) is 0 Å². The third kappa shape index (κ3) is 65.1. The second kappa shape index (κ2) is 67.8. The van der Waals surface area contributed by atoms with Gasteiger partial charge in [0.2, 0.25) is 0 Å². The average Bonchev–Trinajstić information content (AvgIpc) is 3.46. The number of rotatable bonds is 62. The lowest BCUT2D eigenvalue weighted by Crippen LogP contribution is -2.30. The number of carbonyl (C=O) groups excluding carboxylic acids is 3. The highest BCUT2D eigenvalue weighted by Gasteiger charge is 2.19. The predicted molar refractivity (Wildman–Crippen MR) is 348 cm³/mol. The third-order valence-corrected chi connectivity index (χ3v) is 14.8. The number of esters is 3. The van der Waals surface area contributed by atoms with Gasteiger partial charge in [0.25, 0.3) is 0 Å². The van der Waals surface area contributed by atoms with Crippen LogP contribution in [0.2, 0.25) is 0 Å². The Balaban J connectivity index is 4.19. The van der Waals surface area contributed by atoms with Crippen LogP contribution >= 0.6 is 0 Å². The van der Waals surface area contributed by atoms with Crippen molar-refractivity contribution in [2.75, 3.05) is 13.2 Å². The van der Waals surface area contributed by atoms with Crippen molar-refractivity contribution in [3.8, 4) is 0 Å². The van der Waals surface area contributed by atoms with Crippen LogP contribution in [-0.4, -0.2) is 37.2 Å². The summed E-state index contributed by atoms with van der Waals surface area (Å²) in [5.41, 5.74) is 0. The molecule has 0 bridgehead atoms. The Morgan fingerprint density at radius 1 is 0.263 bits per heavy atom. The number of hydrogen-bond acceptors (Lipinski definition) is 6. The van der Waals surface area contributed by atoms with Gasteiger partial charge >= 0.3 is 17.9 Å². The molecule has 0 rings (SSSR count). The second-order valence-electron chi connectivity index (χ2n) is 22.7. The standard InChI is InChI=1S/C74H128O6/c1-4-7-10-13-16-19-22-24-26-28-30-32-33-34-35-36-37-38-39-40-41-43-44-46-48-50-52-55-58-61-64-67-73(76)79-70-71(69-78-72(75)66-63-60-57-54-21-18-15-12-9-6-3)80-74(77)68-65-62-59-56-53-51-49-47-45-42-31-29-27-25-23-20-17-14-11-8-5-2/h8,11-12,15,17,20,25,27-28,30-31,42,47,49,53,56,71H,4-7,9-10,13-14,16,18-19,21-24,26,29,32-41,43-46,48,50-52,54-55,57-70H2,1-3H3/b11-8-,15-12-,20-17-,27-25-,30-28-,42-31-,49-47-,56-53-. The van der Waals surface area contributed by atoms with Gasteiger partial charge in [-0.3, -0.25) is 14.4 Å². The summed E-state index contributed by atoms with van der Waals surface area (Å²) in [6.07, 6.45) is 91.7. The Morgan fingerprint density at radius 2 is 0.512 bits per heavy atom. The number of ether oxygens (including phenoxy) is 3. The molecule has 0 saturated carbocycles. The van der Waals surface area contributed by atoms with Gasteiger partial charge in [-0.2, -0.15) is 0 Å². The van der Waals surface area contributed by atoms with Gasteiger partial charge in [-0.1, -0.05) is 298 Å². The summed E-state index contributed by atoms with van der Waals surface area (Å²) in [7, 11) is 0. The molecule has 0 fully saturated rings. The molecule has 6 nitrogen and oxygen atoms in total. The molecule has 0 aromatic rings. The average molecular weight is 1110 g/mol. The fourth-order valence-corrected chi connectivity index (χ4v) is 9.68. The van der Waals surface area contributed by atoms with Gasteiger partial charge in [0.15, 0.2) is 6.10 Å². The van der Waals surface area contributed by atoms with Gasteiger partial charge < -0.3 is 14.2 Å². The largest absolute Gasteiger partial charge is 0.462 e. The lowest BCUT2D eigenvalue weighted by atomic mass is 10.0. The van der Waals surface area contributed by atoms with E-state index in [0.29, 0.717) is 19.3 Å². The smallest absolute Gasteiger partial charge is 0.306 e. The van der Waals surface area contributed by atoms with Crippen molar-refractivity contribution in [2.24, 2.45) is 0 Å². The van der Waals surface area contributed by atoms with Gasteiger partial charge in [0.05, 0.1) is 0 Å². The number of carbonyl (C=O) groups is 3. The van der Waals surface area contributed by atoms with Gasteiger partial charge in [-0.25, -0.2) is 0 Å². The molecule has 0 aromatic heterocycles. The summed E-state index contributed by atoms with van der Waals surface area (Å²) >= 11 is 0. The highest BCUT2D eigenvalue weighted by atomic mass is 16.6. The molecule has 6 heteroatoms. The van der Waals surface area contributed by atoms with Crippen LogP contribution in [-0.2, 0) is 28.6 Å². The monoisotopic (exact) mass is 1110 g/mol. The second-order valence-corrected chi connectivity index (χ2v) is 22.7. The Kier molecular flexibility index (Phi) is 64.7. The summed E-state index contributed by atoms with van der Waals surface area (Å²) in [6.45, 7) is 6.45. The molecule has 0 amide bonds. The van der Waals surface area contributed by atoms with Crippen LogP contribution in [0.25, 0.3) is 0 Å². The molecule has 80 heavy (non-hydrogen) atoms. The minimum absolute atomic E-state index is 0.0961. The van der Waals surface area contributed by atoms with Gasteiger partial charge in [-0.05, 0) is 116 Å². The first-order valence-corrected chi connectivity index (χ1v) is 34.2. The predicted octanol–water partition coefficient (Wildman–Crippen LogP) is 23.6. The van der Waals surface area contributed by atoms with E-state index in [0.717, 1.165) is 109 Å². The molecule has 0 aromatic carbocycles. The quantitative estimate of drug-likeness (QED) is 0.0261. The molecule has 460 valence electrons. The molecule has 1 atom stereocenters. The van der Waals surface area contributed by atoms with Crippen LogP contribution < -0.4 is 0 Å². The Bertz CT molecular complexity index is 1560. The van der Waals surface area contributed by atoms with E-state index in [4.69, 9.17) is 14.2 Å². The first-order chi connectivity index (χ1) is 39.5. The van der Waals surface area contributed by atoms with E-state index in [1.54, 1.807) is 0 Å². The lowest BCUT2D eigenvalue weighted by Gasteiger charge is -2.18. The number of hydrogen-bond donors (Lipinski definition) is 0. The summed E-state index contributed by atoms with van der Waals surface area (Å²) in [5.74, 6) is -0.941. The molecule has 0 N–H and O–H groups in total. The van der Waals surface area contributed by atoms with Crippen molar-refractivity contribution in [2.45, 2.75) is 341 Å². The van der Waals surface area contributed by atoms with E-state index < -0.39 is 6.10 Å². The Morgan fingerprint density at radius 3 is 0.850 bits per heavy atom. The molecule has 0 heterocycles. The fourth-order valence-electron chi connectivity index (χ4n) is 9.68. The van der Waals surface area contributed by atoms with E-state index in [1.807, 2.05) is 0 Å². The van der Waals surface area contributed by atoms with E-state index in [-0.39, 0.29) is 37.5 Å². The van der Waals surface area contributed by atoms with Crippen molar-refractivity contribution in [3.63, 3.8) is 0 Å². The van der Waals surface area contributed by atoms with Gasteiger partial charge in [0, 0.05) is 19.3 Å². The van der Waals surface area contributed by atoms with Crippen molar-refractivity contribution < 1.29 is 28.6 Å². The maximum atomic E-state index is 12.9. The van der Waals surface area contributed by atoms with Crippen LogP contribution in [0.1, 0.15) is 335 Å². The SMILES string of the molecule is CC/C=C\C/C=C\C/C=C\C/C=C\C/C=C\C/C=C\CCCCC(=O)OC(COC(=O)CCCCCCC/C=C\CCC)COC(=O)CCCCCCCCCCCCCCCCCCCCC/C=C\CCCCCCCCCC. The van der Waals surface area contributed by atoms with E-state index >= 15 is 0 Å². The van der Waals surface area contributed by atoms with Crippen molar-refractivity contribution in [3.05, 3.63) is 97.2 Å². The highest BCUT2D eigenvalue weighted by Crippen LogP contribution is 2.17. The van der Waals surface area contributed by atoms with Crippen LogP contribution in [0, 0.1) is 0 Å². The fraction of sp³-hybridized carbons (Fsp3) is 0.743. The molecular weight excluding hydrogens is 985 g/mol. The topological polar surface area (TPSA) is 78.9 Å². The molecule has 0 aliphatic heterocycles. The zero-order chi connectivity index (χ0) is 57.8. The van der Waals surface area contributed by atoms with Crippen molar-refractivity contribution in [1.29, 1.82) is 0 Å². The molecule has 0 aliphatic rings. The zero-order valence-electron chi connectivity index (χ0n) is 52.8. The van der Waals surface area contributed by atoms with E-state index in [1.165, 1.54) is 180 Å². The number of allylic oxidation sites excluding steroid dienone is 16.